The average Bonchev–Trinajstić information content (AvgIpc) is 1.55. The molecule has 4 fully saturated rings. The fourth-order valence-electron chi connectivity index (χ4n) is 20.3. The standard InChI is InChI=1S/C25H27Cl2N3O2.C25H25FN4O2.C24H25Cl2N3O2.C24H27Cl2N3O/c26-20-3-1-4-21(24(20)27)29-13-11-28(12-14-29)9-2-5-22(31)19-15-17-6-7-23(32)30-10-8-18(16-19)25(17)30;26-21-13-17(16-27)1-3-22(21)29-11-9-28(10-12-29)7-6-23(31)20-14-18-2-4-24(32)30-8-5-19(15-20)25(18)30;25-19-2-1-3-20(23(19)26)28-12-10-27(11-13-28)8-7-21(30)18-14-16-4-5-22(31)29-9-6-17(15-18)24(16)29;25-20-4-1-5-21(23(20)26)28-13-11-27(12-14-28)9-2-3-17-15-18-6-7-22(30)29-10-8-19(16-17)24(18)29/h1,3-4,15-16H,2,5-14H2;1,3,13-15H,2,4-12H2;1-3,14-15H,4-13H2;1,4-5,15-16H,2-3,6-14H2. The number of ketones is 3. The second kappa shape index (κ2) is 39.2. The maximum atomic E-state index is 14.3. The summed E-state index contributed by atoms with van der Waals surface area (Å²) in [6, 6.07) is 40.6. The summed E-state index contributed by atoms with van der Waals surface area (Å²) in [7, 11) is 0. The Labute approximate surface area is 761 Å². The van der Waals surface area contributed by atoms with Gasteiger partial charge in [-0.1, -0.05) is 99.9 Å². The molecule has 4 saturated heterocycles. The van der Waals surface area contributed by atoms with Crippen molar-refractivity contribution in [1.29, 1.82) is 5.26 Å². The Balaban J connectivity index is 0.000000118. The summed E-state index contributed by atoms with van der Waals surface area (Å²) < 4.78 is 14.3. The number of rotatable bonds is 21. The molecule has 0 saturated carbocycles. The minimum absolute atomic E-state index is 0.139. The van der Waals surface area contributed by atoms with E-state index in [-0.39, 0.29) is 40.9 Å². The highest BCUT2D eigenvalue weighted by atomic mass is 35.5. The van der Waals surface area contributed by atoms with Crippen molar-refractivity contribution >= 4 is 156 Å². The third-order valence-corrected chi connectivity index (χ3v) is 29.5. The highest BCUT2D eigenvalue weighted by Crippen LogP contribution is 2.44. The molecule has 0 radical (unpaired) electrons. The first-order chi connectivity index (χ1) is 60.6. The monoisotopic (exact) mass is 1800 g/mol. The van der Waals surface area contributed by atoms with Crippen molar-refractivity contribution in [2.75, 3.05) is 196 Å². The normalized spacial score (nSPS) is 18.4. The minimum atomic E-state index is -0.367. The molecule has 0 aromatic heterocycles. The van der Waals surface area contributed by atoms with Crippen molar-refractivity contribution in [3.8, 4) is 6.07 Å². The summed E-state index contributed by atoms with van der Waals surface area (Å²) in [5.41, 5.74) is 21.7. The zero-order valence-corrected chi connectivity index (χ0v) is 75.1. The number of nitriles is 1. The van der Waals surface area contributed by atoms with Crippen LogP contribution in [0.2, 0.25) is 30.1 Å². The molecule has 27 heteroatoms. The lowest BCUT2D eigenvalue weighted by Gasteiger charge is -2.36. The van der Waals surface area contributed by atoms with E-state index in [9.17, 15) is 38.0 Å². The average molecular weight is 1810 g/mol. The van der Waals surface area contributed by atoms with Crippen molar-refractivity contribution < 1.29 is 38.0 Å². The number of nitrogens with zero attached hydrogens (tertiary/aromatic N) is 13. The third-order valence-electron chi connectivity index (χ3n) is 27.1. The maximum absolute atomic E-state index is 14.3. The largest absolute Gasteiger partial charge is 0.368 e. The van der Waals surface area contributed by atoms with Gasteiger partial charge in [-0.05, 0) is 225 Å². The maximum Gasteiger partial charge on any atom is 0.227 e. The lowest BCUT2D eigenvalue weighted by molar-refractivity contribution is -0.119. The van der Waals surface area contributed by atoms with Crippen LogP contribution in [0, 0.1) is 17.1 Å². The molecule has 0 N–H and O–H groups in total. The first kappa shape index (κ1) is 87.9. The number of piperazine rings is 4. The van der Waals surface area contributed by atoms with Gasteiger partial charge in [0.2, 0.25) is 23.6 Å². The van der Waals surface area contributed by atoms with Gasteiger partial charge in [0, 0.05) is 206 Å². The molecule has 0 spiro atoms. The van der Waals surface area contributed by atoms with Crippen molar-refractivity contribution in [2.45, 2.75) is 116 Å². The van der Waals surface area contributed by atoms with Gasteiger partial charge in [0.15, 0.2) is 17.3 Å². The van der Waals surface area contributed by atoms with Crippen molar-refractivity contribution in [3.63, 3.8) is 0 Å². The zero-order valence-electron chi connectivity index (χ0n) is 70.6. The number of aryl methyl sites for hydroxylation is 5. The highest BCUT2D eigenvalue weighted by molar-refractivity contribution is 6.45. The number of anilines is 8. The third kappa shape index (κ3) is 19.5. The van der Waals surface area contributed by atoms with Crippen LogP contribution in [0.5, 0.6) is 0 Å². The molecule has 0 bridgehead atoms. The predicted octanol–water partition coefficient (Wildman–Crippen LogP) is 16.3. The number of hydrogen-bond donors (Lipinski definition) is 0. The molecule has 12 aliphatic rings. The van der Waals surface area contributed by atoms with E-state index in [1.807, 2.05) is 109 Å². The second-order valence-electron chi connectivity index (χ2n) is 34.7. The Morgan fingerprint density at radius 1 is 0.320 bits per heavy atom. The van der Waals surface area contributed by atoms with Gasteiger partial charge in [0.05, 0.1) is 87.3 Å². The van der Waals surface area contributed by atoms with E-state index in [4.69, 9.17) is 74.9 Å². The van der Waals surface area contributed by atoms with Crippen LogP contribution in [0.15, 0.2) is 121 Å². The number of carbonyl (C=O) groups is 7. The van der Waals surface area contributed by atoms with Crippen LogP contribution in [0.1, 0.15) is 144 Å². The van der Waals surface area contributed by atoms with Crippen LogP contribution in [0.25, 0.3) is 0 Å². The molecule has 4 amide bonds. The summed E-state index contributed by atoms with van der Waals surface area (Å²) in [5.74, 6) is 1.09. The Bertz CT molecular complexity index is 5560. The number of amides is 4. The van der Waals surface area contributed by atoms with Crippen LogP contribution < -0.4 is 39.2 Å². The smallest absolute Gasteiger partial charge is 0.227 e. The molecule has 20 rings (SSSR count). The number of hydrogen-bond acceptors (Lipinski definition) is 16. The number of halogens is 7. The number of Topliss-reactive ketones (excluding diaryl/α,β-unsaturated/α-hetero) is 3. The summed E-state index contributed by atoms with van der Waals surface area (Å²) in [6.07, 6.45) is 13.6. The van der Waals surface area contributed by atoms with Gasteiger partial charge in [-0.25, -0.2) is 4.39 Å². The summed E-state index contributed by atoms with van der Waals surface area (Å²) >= 11 is 37.6. The Morgan fingerprint density at radius 2 is 0.616 bits per heavy atom. The van der Waals surface area contributed by atoms with E-state index in [1.165, 1.54) is 40.4 Å². The fourth-order valence-corrected chi connectivity index (χ4v) is 21.6. The molecule has 8 aromatic rings. The van der Waals surface area contributed by atoms with Crippen LogP contribution in [-0.2, 0) is 77.0 Å². The van der Waals surface area contributed by atoms with Gasteiger partial charge in [-0.2, -0.15) is 5.26 Å². The van der Waals surface area contributed by atoms with E-state index in [1.54, 1.807) is 18.2 Å². The molecule has 0 atom stereocenters. The van der Waals surface area contributed by atoms with Gasteiger partial charge < -0.3 is 39.2 Å². The zero-order chi connectivity index (χ0) is 86.7. The molecule has 12 aliphatic heterocycles. The van der Waals surface area contributed by atoms with E-state index in [2.05, 4.69) is 52.5 Å². The Hall–Kier alpha value is -9.15. The highest BCUT2D eigenvalue weighted by Gasteiger charge is 2.38. The predicted molar refractivity (Wildman–Crippen MR) is 498 cm³/mol. The van der Waals surface area contributed by atoms with E-state index in [0.29, 0.717) is 118 Å². The van der Waals surface area contributed by atoms with Gasteiger partial charge in [0.1, 0.15) is 5.82 Å². The van der Waals surface area contributed by atoms with Crippen molar-refractivity contribution in [1.82, 2.24) is 19.6 Å². The van der Waals surface area contributed by atoms with Gasteiger partial charge in [0.25, 0.3) is 0 Å². The molecule has 0 aliphatic carbocycles. The lowest BCUT2D eigenvalue weighted by Crippen LogP contribution is -2.47. The molecule has 125 heavy (non-hydrogen) atoms. The number of carbonyl (C=O) groups excluding carboxylic acids is 7. The van der Waals surface area contributed by atoms with E-state index in [0.717, 1.165) is 274 Å². The van der Waals surface area contributed by atoms with Crippen LogP contribution >= 0.6 is 69.6 Å². The summed E-state index contributed by atoms with van der Waals surface area (Å²) in [4.78, 5) is 113. The molecule has 8 aromatic carbocycles. The summed E-state index contributed by atoms with van der Waals surface area (Å²) in [6.45, 7) is 20.7. The SMILES string of the molecule is N#Cc1ccc(N2CCN(CCC(=O)c3cc4c5c(c3)CCN5C(=O)CC4)CC2)c(F)c1.O=C(CCCN1CCN(c2cccc(Cl)c2Cl)CC1)c1cc2c3c(c1)CCN3C(=O)CC2.O=C(CCN1CCN(c2cccc(Cl)c2Cl)CC1)c1cc2c3c(c1)CCN3C(=O)CC2.O=C1CCc2cc(CCCN3CCN(c4cccc(Cl)c4Cl)CC3)cc3c2N1CC3. The van der Waals surface area contributed by atoms with Crippen molar-refractivity contribution in [2.24, 2.45) is 0 Å². The van der Waals surface area contributed by atoms with E-state index < -0.39 is 0 Å². The quantitative estimate of drug-likeness (QED) is 0.0619. The molecule has 12 heterocycles. The molecule has 20 nitrogen and oxygen atoms in total. The molecule has 652 valence electrons. The van der Waals surface area contributed by atoms with Gasteiger partial charge >= 0.3 is 0 Å². The summed E-state index contributed by atoms with van der Waals surface area (Å²) in [5, 5.41) is 12.6. The Kier molecular flexibility index (Phi) is 27.6. The van der Waals surface area contributed by atoms with Gasteiger partial charge in [-0.3, -0.25) is 53.2 Å². The van der Waals surface area contributed by atoms with E-state index >= 15 is 0 Å². The second-order valence-corrected chi connectivity index (χ2v) is 37.0. The van der Waals surface area contributed by atoms with Crippen LogP contribution in [-0.4, -0.2) is 218 Å². The van der Waals surface area contributed by atoms with Gasteiger partial charge in [-0.15, -0.1) is 0 Å². The van der Waals surface area contributed by atoms with Crippen molar-refractivity contribution in [3.05, 3.63) is 230 Å². The number of benzene rings is 8. The minimum Gasteiger partial charge on any atom is -0.368 e. The Morgan fingerprint density at radius 3 is 0.952 bits per heavy atom. The first-order valence-electron chi connectivity index (χ1n) is 44.5. The molecule has 0 unspecified atom stereocenters. The molecular weight excluding hydrogens is 1700 g/mol. The lowest BCUT2D eigenvalue weighted by atomic mass is 9.94. The van der Waals surface area contributed by atoms with Crippen LogP contribution in [0.4, 0.5) is 49.9 Å². The van der Waals surface area contributed by atoms with Crippen LogP contribution in [0.3, 0.4) is 0 Å². The molecular formula is C98H104Cl6FN13O7. The first-order valence-corrected chi connectivity index (χ1v) is 46.8. The fraction of sp³-hybridized carbons (Fsp3) is 0.429. The topological polar surface area (TPSA) is 182 Å².